The van der Waals surface area contributed by atoms with Crippen molar-refractivity contribution >= 4 is 5.91 Å². The standard InChI is InChI=1S/C16H22N2O2/c1-16(2,3)14(19)11-18-15(20)9-8-12-4-6-13(10-17)7-5-12/h4-7,14,19H,8-9,11H2,1-3H3,(H,18,20). The summed E-state index contributed by atoms with van der Waals surface area (Å²) in [6.07, 6.45) is 0.452. The molecule has 1 amide bonds. The zero-order valence-electron chi connectivity index (χ0n) is 12.3. The Morgan fingerprint density at radius 2 is 1.95 bits per heavy atom. The third-order valence-electron chi connectivity index (χ3n) is 3.22. The summed E-state index contributed by atoms with van der Waals surface area (Å²) < 4.78 is 0. The van der Waals surface area contributed by atoms with Crippen molar-refractivity contribution in [2.45, 2.75) is 39.7 Å². The van der Waals surface area contributed by atoms with Gasteiger partial charge in [-0.1, -0.05) is 32.9 Å². The molecule has 20 heavy (non-hydrogen) atoms. The van der Waals surface area contributed by atoms with Crippen molar-refractivity contribution in [2.24, 2.45) is 5.41 Å². The number of benzene rings is 1. The SMILES string of the molecule is CC(C)(C)C(O)CNC(=O)CCc1ccc(C#N)cc1. The predicted molar refractivity (Wildman–Crippen MR) is 77.9 cm³/mol. The third-order valence-corrected chi connectivity index (χ3v) is 3.22. The van der Waals surface area contributed by atoms with Crippen molar-refractivity contribution < 1.29 is 9.90 Å². The number of carbonyl (C=O) groups excluding carboxylic acids is 1. The molecule has 1 aromatic carbocycles. The van der Waals surface area contributed by atoms with Crippen LogP contribution < -0.4 is 5.32 Å². The number of hydrogen-bond acceptors (Lipinski definition) is 3. The van der Waals surface area contributed by atoms with E-state index in [0.29, 0.717) is 18.4 Å². The van der Waals surface area contributed by atoms with E-state index in [0.717, 1.165) is 5.56 Å². The number of hydrogen-bond donors (Lipinski definition) is 2. The maximum atomic E-state index is 11.7. The van der Waals surface area contributed by atoms with Gasteiger partial charge < -0.3 is 10.4 Å². The van der Waals surface area contributed by atoms with Gasteiger partial charge in [-0.05, 0) is 29.5 Å². The van der Waals surface area contributed by atoms with Crippen LogP contribution in [0.15, 0.2) is 24.3 Å². The molecule has 0 saturated carbocycles. The van der Waals surface area contributed by atoms with Crippen LogP contribution in [0.25, 0.3) is 0 Å². The molecule has 0 radical (unpaired) electrons. The van der Waals surface area contributed by atoms with Gasteiger partial charge in [0.15, 0.2) is 0 Å². The summed E-state index contributed by atoms with van der Waals surface area (Å²) in [5, 5.41) is 21.3. The minimum Gasteiger partial charge on any atom is -0.391 e. The van der Waals surface area contributed by atoms with Crippen LogP contribution >= 0.6 is 0 Å². The average molecular weight is 274 g/mol. The van der Waals surface area contributed by atoms with Crippen LogP contribution in [0.3, 0.4) is 0 Å². The second kappa shape index (κ2) is 7.06. The smallest absolute Gasteiger partial charge is 0.220 e. The number of carbonyl (C=O) groups is 1. The minimum atomic E-state index is -0.554. The summed E-state index contributed by atoms with van der Waals surface area (Å²) in [5.74, 6) is -0.0716. The zero-order chi connectivity index (χ0) is 15.2. The number of aliphatic hydroxyl groups excluding tert-OH is 1. The molecule has 1 aromatic rings. The van der Waals surface area contributed by atoms with E-state index >= 15 is 0 Å². The van der Waals surface area contributed by atoms with Crippen LogP contribution in [-0.4, -0.2) is 23.7 Å². The first-order valence-corrected chi connectivity index (χ1v) is 6.76. The molecule has 108 valence electrons. The number of nitriles is 1. The van der Waals surface area contributed by atoms with Gasteiger partial charge in [-0.2, -0.15) is 5.26 Å². The first kappa shape index (κ1) is 16.2. The largest absolute Gasteiger partial charge is 0.391 e. The fraction of sp³-hybridized carbons (Fsp3) is 0.500. The highest BCUT2D eigenvalue weighted by Crippen LogP contribution is 2.18. The van der Waals surface area contributed by atoms with Crippen LogP contribution in [-0.2, 0) is 11.2 Å². The summed E-state index contributed by atoms with van der Waals surface area (Å²) in [4.78, 5) is 11.7. The van der Waals surface area contributed by atoms with Gasteiger partial charge in [0.2, 0.25) is 5.91 Å². The lowest BCUT2D eigenvalue weighted by Gasteiger charge is -2.25. The molecule has 0 saturated heterocycles. The number of aryl methyl sites for hydroxylation is 1. The Morgan fingerprint density at radius 1 is 1.35 bits per heavy atom. The summed E-state index contributed by atoms with van der Waals surface area (Å²) in [6, 6.07) is 9.27. The third kappa shape index (κ3) is 5.41. The number of aliphatic hydroxyl groups is 1. The average Bonchev–Trinajstić information content (AvgIpc) is 2.41. The van der Waals surface area contributed by atoms with Crippen LogP contribution in [0.1, 0.15) is 38.3 Å². The molecule has 0 fully saturated rings. The Kier molecular flexibility index (Phi) is 5.72. The lowest BCUT2D eigenvalue weighted by Crippen LogP contribution is -2.39. The van der Waals surface area contributed by atoms with Gasteiger partial charge in [-0.15, -0.1) is 0 Å². The van der Waals surface area contributed by atoms with E-state index in [1.165, 1.54) is 0 Å². The molecule has 4 heteroatoms. The Morgan fingerprint density at radius 3 is 2.45 bits per heavy atom. The van der Waals surface area contributed by atoms with E-state index in [4.69, 9.17) is 5.26 Å². The molecular weight excluding hydrogens is 252 g/mol. The molecule has 0 aliphatic rings. The van der Waals surface area contributed by atoms with Crippen LogP contribution in [0.4, 0.5) is 0 Å². The van der Waals surface area contributed by atoms with E-state index in [2.05, 4.69) is 11.4 Å². The van der Waals surface area contributed by atoms with Crippen molar-refractivity contribution in [1.29, 1.82) is 5.26 Å². The Labute approximate surface area is 120 Å². The summed E-state index contributed by atoms with van der Waals surface area (Å²) in [6.45, 7) is 6.07. The molecule has 1 rings (SSSR count). The number of amides is 1. The normalized spacial score (nSPS) is 12.6. The highest BCUT2D eigenvalue weighted by Gasteiger charge is 2.22. The molecule has 1 unspecified atom stereocenters. The maximum Gasteiger partial charge on any atom is 0.220 e. The first-order chi connectivity index (χ1) is 9.32. The van der Waals surface area contributed by atoms with Crippen molar-refractivity contribution in [3.8, 4) is 6.07 Å². The minimum absolute atomic E-state index is 0.0716. The van der Waals surface area contributed by atoms with Crippen molar-refractivity contribution in [3.05, 3.63) is 35.4 Å². The molecule has 0 heterocycles. The Balaban J connectivity index is 2.34. The summed E-state index contributed by atoms with van der Waals surface area (Å²) >= 11 is 0. The van der Waals surface area contributed by atoms with E-state index < -0.39 is 6.10 Å². The van der Waals surface area contributed by atoms with Gasteiger partial charge in [0.1, 0.15) is 0 Å². The molecule has 0 aliphatic carbocycles. The molecule has 0 aromatic heterocycles. The van der Waals surface area contributed by atoms with Crippen LogP contribution in [0.2, 0.25) is 0 Å². The topological polar surface area (TPSA) is 73.1 Å². The maximum absolute atomic E-state index is 11.7. The second-order valence-electron chi connectivity index (χ2n) is 5.99. The van der Waals surface area contributed by atoms with E-state index in [1.807, 2.05) is 32.9 Å². The Bertz CT molecular complexity index is 481. The monoisotopic (exact) mass is 274 g/mol. The fourth-order valence-electron chi connectivity index (χ4n) is 1.61. The van der Waals surface area contributed by atoms with E-state index in [9.17, 15) is 9.90 Å². The van der Waals surface area contributed by atoms with Crippen molar-refractivity contribution in [3.63, 3.8) is 0 Å². The highest BCUT2D eigenvalue weighted by atomic mass is 16.3. The molecule has 2 N–H and O–H groups in total. The van der Waals surface area contributed by atoms with Gasteiger partial charge in [0, 0.05) is 13.0 Å². The first-order valence-electron chi connectivity index (χ1n) is 6.76. The molecule has 0 bridgehead atoms. The predicted octanol–water partition coefficient (Wildman–Crippen LogP) is 2.01. The van der Waals surface area contributed by atoms with Gasteiger partial charge >= 0.3 is 0 Å². The van der Waals surface area contributed by atoms with Crippen molar-refractivity contribution in [2.75, 3.05) is 6.54 Å². The van der Waals surface area contributed by atoms with E-state index in [1.54, 1.807) is 12.1 Å². The molecule has 0 aliphatic heterocycles. The van der Waals surface area contributed by atoms with Gasteiger partial charge in [0.25, 0.3) is 0 Å². The number of nitrogens with zero attached hydrogens (tertiary/aromatic N) is 1. The summed E-state index contributed by atoms with van der Waals surface area (Å²) in [7, 11) is 0. The quantitative estimate of drug-likeness (QED) is 0.862. The number of rotatable bonds is 5. The lowest BCUT2D eigenvalue weighted by atomic mass is 9.89. The van der Waals surface area contributed by atoms with Gasteiger partial charge in [-0.3, -0.25) is 4.79 Å². The van der Waals surface area contributed by atoms with E-state index in [-0.39, 0.29) is 17.9 Å². The summed E-state index contributed by atoms with van der Waals surface area (Å²) in [5.41, 5.74) is 1.41. The van der Waals surface area contributed by atoms with Crippen LogP contribution in [0.5, 0.6) is 0 Å². The Hall–Kier alpha value is -1.86. The van der Waals surface area contributed by atoms with Crippen molar-refractivity contribution in [1.82, 2.24) is 5.32 Å². The number of nitrogens with one attached hydrogen (secondary N) is 1. The zero-order valence-corrected chi connectivity index (χ0v) is 12.3. The van der Waals surface area contributed by atoms with Gasteiger partial charge in [-0.25, -0.2) is 0 Å². The molecular formula is C16H22N2O2. The van der Waals surface area contributed by atoms with Crippen LogP contribution in [0, 0.1) is 16.7 Å². The highest BCUT2D eigenvalue weighted by molar-refractivity contribution is 5.76. The molecule has 1 atom stereocenters. The fourth-order valence-corrected chi connectivity index (χ4v) is 1.61. The molecule has 0 spiro atoms. The van der Waals surface area contributed by atoms with Gasteiger partial charge in [0.05, 0.1) is 17.7 Å². The molecule has 4 nitrogen and oxygen atoms in total. The second-order valence-corrected chi connectivity index (χ2v) is 5.99. The lowest BCUT2D eigenvalue weighted by molar-refractivity contribution is -0.121.